The summed E-state index contributed by atoms with van der Waals surface area (Å²) in [6, 6.07) is 15.6. The topological polar surface area (TPSA) is 18.5 Å². The van der Waals surface area contributed by atoms with Gasteiger partial charge in [0.25, 0.3) is 0 Å². The van der Waals surface area contributed by atoms with Gasteiger partial charge in [-0.25, -0.2) is 0 Å². The summed E-state index contributed by atoms with van der Waals surface area (Å²) in [5.41, 5.74) is 2.04. The van der Waals surface area contributed by atoms with Gasteiger partial charge in [0.15, 0.2) is 6.10 Å². The lowest BCUT2D eigenvalue weighted by atomic mass is 10.1. The third-order valence-electron chi connectivity index (χ3n) is 3.07. The molecule has 0 fully saturated rings. The molecule has 3 rings (SSSR count). The van der Waals surface area contributed by atoms with E-state index < -0.39 is 0 Å². The highest BCUT2D eigenvalue weighted by Crippen LogP contribution is 2.25. The van der Waals surface area contributed by atoms with Crippen molar-refractivity contribution in [2.24, 2.45) is 0 Å². The number of hydrogen-bond donors (Lipinski definition) is 0. The number of ether oxygens (including phenoxy) is 2. The molecule has 98 valence electrons. The normalized spacial score (nSPS) is 15.6. The Labute approximate surface area is 118 Å². The fourth-order valence-corrected chi connectivity index (χ4v) is 2.00. The Morgan fingerprint density at radius 2 is 1.85 bits per heavy atom. The molecule has 1 heterocycles. The number of benzene rings is 2. The van der Waals surface area contributed by atoms with E-state index in [-0.39, 0.29) is 6.10 Å². The molecule has 2 aromatic carbocycles. The second-order valence-corrected chi connectivity index (χ2v) is 4.43. The van der Waals surface area contributed by atoms with Gasteiger partial charge in [0.05, 0.1) is 7.11 Å². The van der Waals surface area contributed by atoms with Crippen LogP contribution in [0.3, 0.4) is 0 Å². The zero-order valence-electron chi connectivity index (χ0n) is 11.2. The molecule has 0 aromatic heterocycles. The van der Waals surface area contributed by atoms with Crippen molar-refractivity contribution in [1.82, 2.24) is 0 Å². The van der Waals surface area contributed by atoms with E-state index in [1.54, 1.807) is 7.11 Å². The first kappa shape index (κ1) is 12.4. The van der Waals surface area contributed by atoms with E-state index in [2.05, 4.69) is 11.8 Å². The van der Waals surface area contributed by atoms with Crippen molar-refractivity contribution >= 4 is 6.08 Å². The van der Waals surface area contributed by atoms with Crippen LogP contribution in [0.4, 0.5) is 0 Å². The Morgan fingerprint density at radius 1 is 1.05 bits per heavy atom. The van der Waals surface area contributed by atoms with Crippen LogP contribution in [0.5, 0.6) is 11.5 Å². The molecule has 20 heavy (non-hydrogen) atoms. The van der Waals surface area contributed by atoms with E-state index in [1.165, 1.54) is 0 Å². The first-order valence-electron chi connectivity index (χ1n) is 6.44. The third kappa shape index (κ3) is 2.67. The molecule has 0 bridgehead atoms. The quantitative estimate of drug-likeness (QED) is 0.732. The smallest absolute Gasteiger partial charge is 0.178 e. The first-order chi connectivity index (χ1) is 9.85. The highest BCUT2D eigenvalue weighted by Gasteiger charge is 2.10. The van der Waals surface area contributed by atoms with Gasteiger partial charge in [-0.3, -0.25) is 0 Å². The van der Waals surface area contributed by atoms with Crippen LogP contribution in [0.1, 0.15) is 11.1 Å². The molecule has 1 aliphatic heterocycles. The monoisotopic (exact) mass is 262 g/mol. The summed E-state index contributed by atoms with van der Waals surface area (Å²) < 4.78 is 10.9. The molecule has 2 heteroatoms. The molecule has 0 aliphatic carbocycles. The van der Waals surface area contributed by atoms with E-state index in [0.717, 1.165) is 22.6 Å². The van der Waals surface area contributed by atoms with Gasteiger partial charge in [0.2, 0.25) is 0 Å². The van der Waals surface area contributed by atoms with Crippen LogP contribution in [0.2, 0.25) is 0 Å². The van der Waals surface area contributed by atoms with Gasteiger partial charge >= 0.3 is 0 Å². The molecule has 1 aliphatic rings. The van der Waals surface area contributed by atoms with Crippen LogP contribution in [-0.2, 0) is 0 Å². The Kier molecular flexibility index (Phi) is 3.43. The Balaban J connectivity index is 1.75. The molecule has 0 amide bonds. The van der Waals surface area contributed by atoms with Crippen molar-refractivity contribution in [2.75, 3.05) is 7.11 Å². The van der Waals surface area contributed by atoms with Crippen molar-refractivity contribution < 1.29 is 9.47 Å². The maximum Gasteiger partial charge on any atom is 0.178 e. The summed E-state index contributed by atoms with van der Waals surface area (Å²) in [4.78, 5) is 0. The average molecular weight is 262 g/mol. The molecule has 0 spiro atoms. The van der Waals surface area contributed by atoms with Crippen LogP contribution in [-0.4, -0.2) is 13.2 Å². The van der Waals surface area contributed by atoms with Gasteiger partial charge in [0, 0.05) is 11.1 Å². The van der Waals surface area contributed by atoms with Crippen molar-refractivity contribution in [3.8, 4) is 23.3 Å². The maximum atomic E-state index is 5.81. The summed E-state index contributed by atoms with van der Waals surface area (Å²) in [6.07, 6.45) is 3.82. The van der Waals surface area contributed by atoms with E-state index >= 15 is 0 Å². The molecule has 0 radical (unpaired) electrons. The summed E-state index contributed by atoms with van der Waals surface area (Å²) in [7, 11) is 1.65. The van der Waals surface area contributed by atoms with Crippen LogP contribution in [0.15, 0.2) is 54.6 Å². The SMILES string of the molecule is COc1ccc(C#CC2C=Cc3ccccc3O2)cc1. The number of methoxy groups -OCH3 is 1. The molecule has 1 unspecified atom stereocenters. The van der Waals surface area contributed by atoms with E-state index in [1.807, 2.05) is 60.7 Å². The zero-order chi connectivity index (χ0) is 13.8. The lowest BCUT2D eigenvalue weighted by Gasteiger charge is -2.16. The lowest BCUT2D eigenvalue weighted by molar-refractivity contribution is 0.301. The standard InChI is InChI=1S/C18H14O2/c1-19-16-10-6-14(7-11-16)8-12-17-13-9-15-4-2-3-5-18(15)20-17/h2-7,9-11,13,17H,1H3. The van der Waals surface area contributed by atoms with Gasteiger partial charge in [-0.1, -0.05) is 30.2 Å². The Bertz CT molecular complexity index is 687. The Hall–Kier alpha value is -2.66. The average Bonchev–Trinajstić information content (AvgIpc) is 2.53. The molecule has 0 saturated heterocycles. The Morgan fingerprint density at radius 3 is 2.65 bits per heavy atom. The fraction of sp³-hybridized carbons (Fsp3) is 0.111. The largest absolute Gasteiger partial charge is 0.497 e. The van der Waals surface area contributed by atoms with Gasteiger partial charge in [0.1, 0.15) is 11.5 Å². The van der Waals surface area contributed by atoms with Crippen LogP contribution < -0.4 is 9.47 Å². The van der Waals surface area contributed by atoms with Crippen molar-refractivity contribution in [3.05, 3.63) is 65.7 Å². The molecule has 1 atom stereocenters. The van der Waals surface area contributed by atoms with E-state index in [0.29, 0.717) is 0 Å². The molecule has 2 aromatic rings. The number of rotatable bonds is 1. The van der Waals surface area contributed by atoms with Gasteiger partial charge < -0.3 is 9.47 Å². The van der Waals surface area contributed by atoms with E-state index in [4.69, 9.17) is 9.47 Å². The summed E-state index contributed by atoms with van der Waals surface area (Å²) >= 11 is 0. The van der Waals surface area contributed by atoms with Gasteiger partial charge in [-0.2, -0.15) is 0 Å². The minimum Gasteiger partial charge on any atom is -0.497 e. The second-order valence-electron chi connectivity index (χ2n) is 4.43. The molecular formula is C18H14O2. The number of para-hydroxylation sites is 1. The number of fused-ring (bicyclic) bond motifs is 1. The zero-order valence-corrected chi connectivity index (χ0v) is 11.2. The van der Waals surface area contributed by atoms with Crippen LogP contribution >= 0.6 is 0 Å². The molecular weight excluding hydrogens is 248 g/mol. The summed E-state index contributed by atoms with van der Waals surface area (Å²) in [5, 5.41) is 0. The minimum atomic E-state index is -0.202. The predicted molar refractivity (Wildman–Crippen MR) is 79.8 cm³/mol. The van der Waals surface area contributed by atoms with E-state index in [9.17, 15) is 0 Å². The van der Waals surface area contributed by atoms with Gasteiger partial charge in [-0.05, 0) is 42.3 Å². The minimum absolute atomic E-state index is 0.202. The van der Waals surface area contributed by atoms with Crippen molar-refractivity contribution in [2.45, 2.75) is 6.10 Å². The summed E-state index contributed by atoms with van der Waals surface area (Å²) in [5.74, 6) is 7.94. The lowest BCUT2D eigenvalue weighted by Crippen LogP contribution is -2.14. The van der Waals surface area contributed by atoms with Gasteiger partial charge in [-0.15, -0.1) is 0 Å². The fourth-order valence-electron chi connectivity index (χ4n) is 2.00. The molecule has 0 saturated carbocycles. The summed E-state index contributed by atoms with van der Waals surface area (Å²) in [6.45, 7) is 0. The maximum absolute atomic E-state index is 5.81. The molecule has 0 N–H and O–H groups in total. The third-order valence-corrected chi connectivity index (χ3v) is 3.07. The molecule has 2 nitrogen and oxygen atoms in total. The second kappa shape index (κ2) is 5.54. The first-order valence-corrected chi connectivity index (χ1v) is 6.44. The van der Waals surface area contributed by atoms with Crippen LogP contribution in [0, 0.1) is 11.8 Å². The number of hydrogen-bond acceptors (Lipinski definition) is 2. The predicted octanol–water partition coefficient (Wildman–Crippen LogP) is 3.52. The van der Waals surface area contributed by atoms with Crippen molar-refractivity contribution in [1.29, 1.82) is 0 Å². The highest BCUT2D eigenvalue weighted by atomic mass is 16.5. The van der Waals surface area contributed by atoms with Crippen molar-refractivity contribution in [3.63, 3.8) is 0 Å². The highest BCUT2D eigenvalue weighted by molar-refractivity contribution is 5.60. The van der Waals surface area contributed by atoms with Crippen LogP contribution in [0.25, 0.3) is 6.08 Å².